The van der Waals surface area contributed by atoms with Crippen LogP contribution in [0.15, 0.2) is 0 Å². The molecule has 0 aromatic rings. The smallest absolute Gasteiger partial charge is 0.220 e. The number of nitrogens with one attached hydrogen (secondary N) is 1. The minimum atomic E-state index is -0.142. The number of hydrogen-bond donors (Lipinski definition) is 2. The van der Waals surface area contributed by atoms with Crippen molar-refractivity contribution in [1.82, 2.24) is 5.32 Å². The molecule has 0 radical (unpaired) electrons. The Kier molecular flexibility index (Phi) is 14.2. The molecule has 0 unspecified atom stereocenters. The summed E-state index contributed by atoms with van der Waals surface area (Å²) >= 11 is 0. The first-order valence-corrected chi connectivity index (χ1v) is 3.31. The molecule has 0 aliphatic carbocycles. The standard InChI is InChI=1S/C6H12N2O.3ClH/c7-6(9)5-1-3-8-4-2-5;;;/h5,8H,1-4H2,(H2,7,9);3*1H. The van der Waals surface area contributed by atoms with Crippen LogP contribution in [0, 0.1) is 5.92 Å². The summed E-state index contributed by atoms with van der Waals surface area (Å²) in [5.74, 6) is -0.0113. The predicted molar refractivity (Wildman–Crippen MR) is 56.5 cm³/mol. The van der Waals surface area contributed by atoms with Gasteiger partial charge in [0.1, 0.15) is 0 Å². The summed E-state index contributed by atoms with van der Waals surface area (Å²) in [6.07, 6.45) is 1.82. The highest BCUT2D eigenvalue weighted by Gasteiger charge is 2.17. The maximum Gasteiger partial charge on any atom is 0.220 e. The molecule has 0 saturated carbocycles. The van der Waals surface area contributed by atoms with Crippen LogP contribution in [0.2, 0.25) is 0 Å². The van der Waals surface area contributed by atoms with Crippen molar-refractivity contribution in [3.8, 4) is 0 Å². The normalized spacial score (nSPS) is 16.3. The molecule has 1 aliphatic heterocycles. The lowest BCUT2D eigenvalue weighted by Gasteiger charge is -2.18. The van der Waals surface area contributed by atoms with Crippen molar-refractivity contribution in [3.05, 3.63) is 0 Å². The van der Waals surface area contributed by atoms with E-state index in [4.69, 9.17) is 5.73 Å². The van der Waals surface area contributed by atoms with E-state index in [1.54, 1.807) is 0 Å². The summed E-state index contributed by atoms with van der Waals surface area (Å²) in [6.45, 7) is 1.88. The molecule has 0 aromatic heterocycles. The summed E-state index contributed by atoms with van der Waals surface area (Å²) < 4.78 is 0. The molecule has 6 heteroatoms. The van der Waals surface area contributed by atoms with E-state index >= 15 is 0 Å². The summed E-state index contributed by atoms with van der Waals surface area (Å²) in [4.78, 5) is 10.5. The number of carbonyl (C=O) groups is 1. The van der Waals surface area contributed by atoms with Crippen LogP contribution >= 0.6 is 37.2 Å². The van der Waals surface area contributed by atoms with Gasteiger partial charge in [0.2, 0.25) is 5.91 Å². The quantitative estimate of drug-likeness (QED) is 0.707. The highest BCUT2D eigenvalue weighted by atomic mass is 35.5. The van der Waals surface area contributed by atoms with Gasteiger partial charge < -0.3 is 11.1 Å². The lowest BCUT2D eigenvalue weighted by atomic mass is 9.98. The highest BCUT2D eigenvalue weighted by molar-refractivity contribution is 5.86. The zero-order chi connectivity index (χ0) is 6.69. The van der Waals surface area contributed by atoms with Crippen LogP contribution in [0.1, 0.15) is 12.8 Å². The molecule has 0 atom stereocenters. The highest BCUT2D eigenvalue weighted by Crippen LogP contribution is 2.09. The van der Waals surface area contributed by atoms with Gasteiger partial charge in [0.15, 0.2) is 0 Å². The van der Waals surface area contributed by atoms with Crippen LogP contribution in [0.3, 0.4) is 0 Å². The van der Waals surface area contributed by atoms with Crippen molar-refractivity contribution >= 4 is 43.1 Å². The van der Waals surface area contributed by atoms with Gasteiger partial charge in [-0.2, -0.15) is 0 Å². The molecule has 0 bridgehead atoms. The molecule has 0 aromatic carbocycles. The number of nitrogens with two attached hydrogens (primary N) is 1. The Hall–Kier alpha value is 0.300. The fourth-order valence-corrected chi connectivity index (χ4v) is 1.11. The third kappa shape index (κ3) is 5.89. The fourth-order valence-electron chi connectivity index (χ4n) is 1.11. The minimum absolute atomic E-state index is 0. The van der Waals surface area contributed by atoms with Crippen molar-refractivity contribution in [3.63, 3.8) is 0 Å². The average molecular weight is 238 g/mol. The Bertz CT molecular complexity index is 117. The Morgan fingerprint density at radius 3 is 1.83 bits per heavy atom. The third-order valence-electron chi connectivity index (χ3n) is 1.74. The van der Waals surface area contributed by atoms with Crippen LogP contribution < -0.4 is 11.1 Å². The third-order valence-corrected chi connectivity index (χ3v) is 1.74. The molecule has 1 aliphatic rings. The first-order valence-electron chi connectivity index (χ1n) is 3.31. The second-order valence-electron chi connectivity index (χ2n) is 2.43. The van der Waals surface area contributed by atoms with Crippen LogP contribution in [-0.2, 0) is 4.79 Å². The molecule has 0 spiro atoms. The second kappa shape index (κ2) is 9.39. The van der Waals surface area contributed by atoms with Crippen LogP contribution in [0.5, 0.6) is 0 Å². The van der Waals surface area contributed by atoms with E-state index < -0.39 is 0 Å². The molecule has 1 saturated heterocycles. The Labute approximate surface area is 91.1 Å². The van der Waals surface area contributed by atoms with Crippen molar-refractivity contribution < 1.29 is 4.79 Å². The lowest BCUT2D eigenvalue weighted by molar-refractivity contribution is -0.122. The number of piperidine rings is 1. The van der Waals surface area contributed by atoms with E-state index in [1.165, 1.54) is 0 Å². The van der Waals surface area contributed by atoms with Gasteiger partial charge in [-0.1, -0.05) is 0 Å². The fraction of sp³-hybridized carbons (Fsp3) is 0.833. The van der Waals surface area contributed by atoms with Gasteiger partial charge in [-0.05, 0) is 25.9 Å². The number of primary amides is 1. The molecule has 76 valence electrons. The van der Waals surface area contributed by atoms with Crippen LogP contribution in [0.4, 0.5) is 0 Å². The Morgan fingerprint density at radius 1 is 1.17 bits per heavy atom. The van der Waals surface area contributed by atoms with Crippen molar-refractivity contribution in [2.45, 2.75) is 12.8 Å². The predicted octanol–water partition coefficient (Wildman–Crippen LogP) is 0.737. The zero-order valence-electron chi connectivity index (χ0n) is 6.62. The molecule has 1 amide bonds. The Balaban J connectivity index is -0.000000270. The number of amides is 1. The maximum absolute atomic E-state index is 10.5. The Morgan fingerprint density at radius 2 is 1.58 bits per heavy atom. The van der Waals surface area contributed by atoms with Gasteiger partial charge in [-0.15, -0.1) is 37.2 Å². The van der Waals surface area contributed by atoms with Gasteiger partial charge >= 0.3 is 0 Å². The van der Waals surface area contributed by atoms with Crippen molar-refractivity contribution in [1.29, 1.82) is 0 Å². The summed E-state index contributed by atoms with van der Waals surface area (Å²) in [5.41, 5.74) is 5.10. The van der Waals surface area contributed by atoms with Gasteiger partial charge in [0.05, 0.1) is 0 Å². The number of rotatable bonds is 1. The van der Waals surface area contributed by atoms with E-state index in [0.717, 1.165) is 25.9 Å². The van der Waals surface area contributed by atoms with Crippen molar-refractivity contribution in [2.24, 2.45) is 11.7 Å². The average Bonchev–Trinajstić information content (AvgIpc) is 1.90. The van der Waals surface area contributed by atoms with Crippen molar-refractivity contribution in [2.75, 3.05) is 13.1 Å². The van der Waals surface area contributed by atoms with Gasteiger partial charge in [0.25, 0.3) is 0 Å². The maximum atomic E-state index is 10.5. The summed E-state index contributed by atoms with van der Waals surface area (Å²) in [5, 5.41) is 3.16. The van der Waals surface area contributed by atoms with Gasteiger partial charge in [-0.3, -0.25) is 4.79 Å². The number of carbonyl (C=O) groups excluding carboxylic acids is 1. The first kappa shape index (κ1) is 18.2. The largest absolute Gasteiger partial charge is 0.369 e. The summed E-state index contributed by atoms with van der Waals surface area (Å²) in [7, 11) is 0. The zero-order valence-corrected chi connectivity index (χ0v) is 9.07. The lowest BCUT2D eigenvalue weighted by Crippen LogP contribution is -2.34. The number of hydrogen-bond acceptors (Lipinski definition) is 2. The molecular weight excluding hydrogens is 222 g/mol. The van der Waals surface area contributed by atoms with E-state index in [-0.39, 0.29) is 49.0 Å². The second-order valence-corrected chi connectivity index (χ2v) is 2.43. The van der Waals surface area contributed by atoms with Crippen LogP contribution in [-0.4, -0.2) is 19.0 Å². The minimum Gasteiger partial charge on any atom is -0.369 e. The molecule has 1 rings (SSSR count). The van der Waals surface area contributed by atoms with E-state index in [2.05, 4.69) is 5.32 Å². The number of halogens is 3. The van der Waals surface area contributed by atoms with E-state index in [0.29, 0.717) is 0 Å². The molecule has 1 heterocycles. The monoisotopic (exact) mass is 236 g/mol. The molecular formula is C6H15Cl3N2O. The molecule has 3 nitrogen and oxygen atoms in total. The van der Waals surface area contributed by atoms with Crippen LogP contribution in [0.25, 0.3) is 0 Å². The first-order chi connectivity index (χ1) is 4.30. The SMILES string of the molecule is Cl.Cl.Cl.NC(=O)C1CCNCC1. The van der Waals surface area contributed by atoms with E-state index in [9.17, 15) is 4.79 Å². The molecule has 3 N–H and O–H groups in total. The topological polar surface area (TPSA) is 55.1 Å². The molecule has 12 heavy (non-hydrogen) atoms. The van der Waals surface area contributed by atoms with Gasteiger partial charge in [-0.25, -0.2) is 0 Å². The molecule has 1 fully saturated rings. The van der Waals surface area contributed by atoms with E-state index in [1.807, 2.05) is 0 Å². The van der Waals surface area contributed by atoms with Gasteiger partial charge in [0, 0.05) is 5.92 Å². The summed E-state index contributed by atoms with van der Waals surface area (Å²) in [6, 6.07) is 0.